The first-order chi connectivity index (χ1) is 12.5. The molecule has 3 aromatic rings. The van der Waals surface area contributed by atoms with Gasteiger partial charge in [-0.05, 0) is 44.8 Å². The van der Waals surface area contributed by atoms with E-state index < -0.39 is 17.8 Å². The molecule has 27 heavy (non-hydrogen) atoms. The van der Waals surface area contributed by atoms with Gasteiger partial charge in [0.2, 0.25) is 0 Å². The quantitative estimate of drug-likeness (QED) is 0.541. The van der Waals surface area contributed by atoms with Gasteiger partial charge in [0.25, 0.3) is 5.91 Å². The van der Waals surface area contributed by atoms with E-state index >= 15 is 0 Å². The van der Waals surface area contributed by atoms with Gasteiger partial charge in [-0.1, -0.05) is 0 Å². The number of aromatic nitrogens is 5. The fraction of sp³-hybridized carbons (Fsp3) is 0.333. The number of amides is 1. The maximum atomic E-state index is 13.3. The average Bonchev–Trinajstić information content (AvgIpc) is 3.07. The lowest BCUT2D eigenvalue weighted by Gasteiger charge is -2.16. The number of carbonyl (C=O) groups is 1. The Morgan fingerprint density at radius 2 is 2.00 bits per heavy atom. The van der Waals surface area contributed by atoms with Crippen LogP contribution in [0.3, 0.4) is 0 Å². The molecule has 3 aromatic heterocycles. The van der Waals surface area contributed by atoms with Gasteiger partial charge in [0, 0.05) is 19.8 Å². The molecular formula is C15H13Br2F3N6O. The smallest absolute Gasteiger partial charge is 0.334 e. The highest BCUT2D eigenvalue weighted by Crippen LogP contribution is 2.32. The minimum Gasteiger partial charge on any atom is -0.334 e. The molecule has 3 heterocycles. The van der Waals surface area contributed by atoms with Gasteiger partial charge in [-0.15, -0.1) is 0 Å². The predicted molar refractivity (Wildman–Crippen MR) is 97.1 cm³/mol. The number of alkyl halides is 3. The molecule has 0 N–H and O–H groups in total. The molecule has 0 unspecified atom stereocenters. The molecule has 0 aliphatic carbocycles. The van der Waals surface area contributed by atoms with Crippen LogP contribution in [-0.4, -0.2) is 42.2 Å². The topological polar surface area (TPSA) is 68.3 Å². The van der Waals surface area contributed by atoms with Crippen LogP contribution < -0.4 is 0 Å². The van der Waals surface area contributed by atoms with Crippen molar-refractivity contribution in [1.82, 2.24) is 29.3 Å². The van der Waals surface area contributed by atoms with Crippen molar-refractivity contribution < 1.29 is 18.0 Å². The highest BCUT2D eigenvalue weighted by atomic mass is 79.9. The van der Waals surface area contributed by atoms with Gasteiger partial charge >= 0.3 is 6.18 Å². The fourth-order valence-corrected chi connectivity index (χ4v) is 3.52. The van der Waals surface area contributed by atoms with Crippen LogP contribution in [-0.2, 0) is 19.8 Å². The van der Waals surface area contributed by atoms with Gasteiger partial charge in [-0.3, -0.25) is 9.48 Å². The summed E-state index contributed by atoms with van der Waals surface area (Å²) in [4.78, 5) is 18.2. The summed E-state index contributed by atoms with van der Waals surface area (Å²) in [6.45, 7) is 1.64. The zero-order valence-electron chi connectivity index (χ0n) is 14.3. The van der Waals surface area contributed by atoms with Crippen LogP contribution >= 0.6 is 31.9 Å². The second-order valence-electron chi connectivity index (χ2n) is 5.90. The highest BCUT2D eigenvalue weighted by Gasteiger charge is 2.36. The van der Waals surface area contributed by atoms with E-state index in [-0.39, 0.29) is 28.1 Å². The first kappa shape index (κ1) is 19.8. The molecule has 0 aromatic carbocycles. The third-order valence-electron chi connectivity index (χ3n) is 3.90. The molecule has 0 saturated heterocycles. The van der Waals surface area contributed by atoms with E-state index in [1.807, 2.05) is 0 Å². The standard InChI is InChI=1S/C15H13Br2F3N6O/c1-7-4-10(15(18,19)20)26-13(22-7)11(17)12(23-26)14(27)24(2)6-9-8(16)5-21-25(9)3/h4-5H,6H2,1-3H3. The number of fused-ring (bicyclic) bond motifs is 1. The molecule has 0 spiro atoms. The number of hydrogen-bond donors (Lipinski definition) is 0. The Bertz CT molecular complexity index is 1020. The van der Waals surface area contributed by atoms with Crippen molar-refractivity contribution in [2.24, 2.45) is 7.05 Å². The van der Waals surface area contributed by atoms with E-state index in [0.717, 1.165) is 16.2 Å². The first-order valence-electron chi connectivity index (χ1n) is 7.55. The Kier molecular flexibility index (Phi) is 5.06. The van der Waals surface area contributed by atoms with Crippen LogP contribution in [0.5, 0.6) is 0 Å². The molecule has 12 heteroatoms. The van der Waals surface area contributed by atoms with E-state index in [2.05, 4.69) is 47.0 Å². The van der Waals surface area contributed by atoms with E-state index in [9.17, 15) is 18.0 Å². The molecule has 3 rings (SSSR count). The van der Waals surface area contributed by atoms with Crippen LogP contribution in [0, 0.1) is 6.92 Å². The molecule has 0 radical (unpaired) electrons. The molecule has 0 aliphatic rings. The van der Waals surface area contributed by atoms with E-state index in [4.69, 9.17) is 0 Å². The Morgan fingerprint density at radius 3 is 2.56 bits per heavy atom. The summed E-state index contributed by atoms with van der Waals surface area (Å²) in [6, 6.07) is 0.886. The lowest BCUT2D eigenvalue weighted by Crippen LogP contribution is -2.28. The fourth-order valence-electron chi connectivity index (χ4n) is 2.54. The lowest BCUT2D eigenvalue weighted by atomic mass is 10.3. The van der Waals surface area contributed by atoms with Gasteiger partial charge in [-0.2, -0.15) is 23.4 Å². The maximum absolute atomic E-state index is 13.3. The summed E-state index contributed by atoms with van der Waals surface area (Å²) in [6.07, 6.45) is -3.04. The van der Waals surface area contributed by atoms with Crippen molar-refractivity contribution in [2.45, 2.75) is 19.6 Å². The van der Waals surface area contributed by atoms with Crippen LogP contribution in [0.25, 0.3) is 5.65 Å². The van der Waals surface area contributed by atoms with Crippen molar-refractivity contribution in [3.8, 4) is 0 Å². The molecule has 1 amide bonds. The first-order valence-corrected chi connectivity index (χ1v) is 9.14. The second kappa shape index (κ2) is 6.89. The van der Waals surface area contributed by atoms with Crippen molar-refractivity contribution in [1.29, 1.82) is 0 Å². The number of halogens is 5. The third-order valence-corrected chi connectivity index (χ3v) is 5.29. The zero-order chi connectivity index (χ0) is 20.1. The molecule has 0 aliphatic heterocycles. The molecule has 0 fully saturated rings. The molecule has 0 bridgehead atoms. The number of hydrogen-bond acceptors (Lipinski definition) is 4. The number of aryl methyl sites for hydroxylation is 2. The van der Waals surface area contributed by atoms with Crippen LogP contribution in [0.1, 0.15) is 27.6 Å². The van der Waals surface area contributed by atoms with E-state index in [0.29, 0.717) is 4.52 Å². The van der Waals surface area contributed by atoms with Gasteiger partial charge < -0.3 is 4.90 Å². The van der Waals surface area contributed by atoms with E-state index in [1.54, 1.807) is 17.9 Å². The lowest BCUT2D eigenvalue weighted by molar-refractivity contribution is -0.142. The van der Waals surface area contributed by atoms with Crippen LogP contribution in [0.4, 0.5) is 13.2 Å². The Balaban J connectivity index is 2.04. The van der Waals surface area contributed by atoms with Crippen LogP contribution in [0.15, 0.2) is 21.2 Å². The van der Waals surface area contributed by atoms with Gasteiger partial charge in [-0.25, -0.2) is 9.50 Å². The molecule has 0 atom stereocenters. The summed E-state index contributed by atoms with van der Waals surface area (Å²) in [5.41, 5.74) is -0.320. The van der Waals surface area contributed by atoms with Gasteiger partial charge in [0.1, 0.15) is 5.69 Å². The molecule has 144 valence electrons. The second-order valence-corrected chi connectivity index (χ2v) is 7.55. The van der Waals surface area contributed by atoms with Crippen LogP contribution in [0.2, 0.25) is 0 Å². The van der Waals surface area contributed by atoms with Gasteiger partial charge in [0.15, 0.2) is 11.3 Å². The average molecular weight is 510 g/mol. The molecular weight excluding hydrogens is 497 g/mol. The SMILES string of the molecule is Cc1cc(C(F)(F)F)n2nc(C(=O)N(C)Cc3c(Br)cnn3C)c(Br)c2n1. The minimum absolute atomic E-state index is 0.0687. The summed E-state index contributed by atoms with van der Waals surface area (Å²) in [7, 11) is 3.25. The summed E-state index contributed by atoms with van der Waals surface area (Å²) >= 11 is 6.52. The summed E-state index contributed by atoms with van der Waals surface area (Å²) < 4.78 is 43.0. The van der Waals surface area contributed by atoms with E-state index in [1.165, 1.54) is 18.9 Å². The van der Waals surface area contributed by atoms with Crippen molar-refractivity contribution in [3.05, 3.63) is 44.0 Å². The maximum Gasteiger partial charge on any atom is 0.433 e. The summed E-state index contributed by atoms with van der Waals surface area (Å²) in [5, 5.41) is 7.95. The molecule has 7 nitrogen and oxygen atoms in total. The number of carbonyl (C=O) groups excluding carboxylic acids is 1. The van der Waals surface area contributed by atoms with Crippen molar-refractivity contribution in [3.63, 3.8) is 0 Å². The summed E-state index contributed by atoms with van der Waals surface area (Å²) in [5.74, 6) is -0.550. The molecule has 0 saturated carbocycles. The highest BCUT2D eigenvalue weighted by molar-refractivity contribution is 9.11. The minimum atomic E-state index is -4.64. The van der Waals surface area contributed by atoms with Crippen molar-refractivity contribution >= 4 is 43.4 Å². The zero-order valence-corrected chi connectivity index (χ0v) is 17.5. The van der Waals surface area contributed by atoms with Crippen molar-refractivity contribution in [2.75, 3.05) is 7.05 Å². The predicted octanol–water partition coefficient (Wildman–Crippen LogP) is 3.59. The number of nitrogens with zero attached hydrogens (tertiary/aromatic N) is 6. The number of rotatable bonds is 3. The Labute approximate surface area is 168 Å². The Hall–Kier alpha value is -1.95. The normalized spacial score (nSPS) is 12.0. The monoisotopic (exact) mass is 508 g/mol. The largest absolute Gasteiger partial charge is 0.433 e. The van der Waals surface area contributed by atoms with Gasteiger partial charge in [0.05, 0.1) is 27.4 Å². The third kappa shape index (κ3) is 3.59. The Morgan fingerprint density at radius 1 is 1.33 bits per heavy atom.